The lowest BCUT2D eigenvalue weighted by atomic mass is 10.1. The van der Waals surface area contributed by atoms with Crippen molar-refractivity contribution in [2.24, 2.45) is 0 Å². The number of ether oxygens (including phenoxy) is 1. The average molecular weight is 250 g/mol. The Labute approximate surface area is 103 Å². The molecule has 1 aliphatic rings. The predicted octanol–water partition coefficient (Wildman–Crippen LogP) is 0.746. The van der Waals surface area contributed by atoms with Crippen molar-refractivity contribution in [3.05, 3.63) is 29.5 Å². The standard InChI is InChI=1S/C11H10N2O3S/c1-16-8-4-2-3-6(9(8)14)5-7-10(15)13-11(17)12-7/h2-5,14H,1H3,(H2,12,13,15,17)/b7-5+. The summed E-state index contributed by atoms with van der Waals surface area (Å²) in [7, 11) is 1.46. The molecule has 5 nitrogen and oxygen atoms in total. The van der Waals surface area contributed by atoms with Crippen LogP contribution < -0.4 is 15.4 Å². The van der Waals surface area contributed by atoms with E-state index >= 15 is 0 Å². The first kappa shape index (κ1) is 11.4. The van der Waals surface area contributed by atoms with Crippen molar-refractivity contribution in [1.82, 2.24) is 10.6 Å². The van der Waals surface area contributed by atoms with E-state index in [2.05, 4.69) is 10.6 Å². The number of benzene rings is 1. The number of hydrogen-bond acceptors (Lipinski definition) is 4. The molecule has 0 spiro atoms. The van der Waals surface area contributed by atoms with Gasteiger partial charge in [-0.1, -0.05) is 12.1 Å². The molecule has 1 aromatic rings. The molecule has 6 heteroatoms. The third-order valence-corrected chi connectivity index (χ3v) is 2.47. The van der Waals surface area contributed by atoms with Gasteiger partial charge in [0.2, 0.25) is 0 Å². The molecular weight excluding hydrogens is 240 g/mol. The minimum absolute atomic E-state index is 0.0186. The monoisotopic (exact) mass is 250 g/mol. The van der Waals surface area contributed by atoms with Gasteiger partial charge in [-0.15, -0.1) is 0 Å². The first-order chi connectivity index (χ1) is 8.11. The second-order valence-electron chi connectivity index (χ2n) is 3.36. The van der Waals surface area contributed by atoms with Crippen molar-refractivity contribution in [1.29, 1.82) is 0 Å². The number of rotatable bonds is 2. The van der Waals surface area contributed by atoms with Crippen molar-refractivity contribution in [3.63, 3.8) is 0 Å². The van der Waals surface area contributed by atoms with Gasteiger partial charge in [0, 0.05) is 5.56 Å². The number of carbonyl (C=O) groups is 1. The van der Waals surface area contributed by atoms with E-state index in [1.54, 1.807) is 18.2 Å². The van der Waals surface area contributed by atoms with E-state index in [4.69, 9.17) is 17.0 Å². The van der Waals surface area contributed by atoms with Crippen LogP contribution in [0.1, 0.15) is 5.56 Å². The quantitative estimate of drug-likeness (QED) is 0.533. The van der Waals surface area contributed by atoms with Crippen LogP contribution in [-0.2, 0) is 4.79 Å². The van der Waals surface area contributed by atoms with Gasteiger partial charge >= 0.3 is 0 Å². The molecule has 2 rings (SSSR count). The van der Waals surface area contributed by atoms with E-state index < -0.39 is 0 Å². The Hall–Kier alpha value is -2.08. The van der Waals surface area contributed by atoms with E-state index in [1.807, 2.05) is 0 Å². The van der Waals surface area contributed by atoms with E-state index in [1.165, 1.54) is 13.2 Å². The SMILES string of the molecule is COc1cccc(/C=C2/NC(=S)NC2=O)c1O. The van der Waals surface area contributed by atoms with Crippen molar-refractivity contribution >= 4 is 29.3 Å². The Kier molecular flexibility index (Phi) is 2.97. The summed E-state index contributed by atoms with van der Waals surface area (Å²) in [6.07, 6.45) is 1.51. The highest BCUT2D eigenvalue weighted by atomic mass is 32.1. The topological polar surface area (TPSA) is 70.6 Å². The second-order valence-corrected chi connectivity index (χ2v) is 3.77. The number of para-hydroxylation sites is 1. The fourth-order valence-electron chi connectivity index (χ4n) is 1.46. The number of aromatic hydroxyl groups is 1. The number of carbonyl (C=O) groups excluding carboxylic acids is 1. The largest absolute Gasteiger partial charge is 0.504 e. The summed E-state index contributed by atoms with van der Waals surface area (Å²) in [5, 5.41) is 15.2. The Balaban J connectivity index is 2.39. The third kappa shape index (κ3) is 2.21. The van der Waals surface area contributed by atoms with Crippen LogP contribution in [0.15, 0.2) is 23.9 Å². The van der Waals surface area contributed by atoms with Gasteiger partial charge in [-0.05, 0) is 24.4 Å². The molecule has 88 valence electrons. The van der Waals surface area contributed by atoms with Gasteiger partial charge in [-0.3, -0.25) is 10.1 Å². The first-order valence-electron chi connectivity index (χ1n) is 4.82. The molecule has 1 aliphatic heterocycles. The minimum atomic E-state index is -0.322. The molecule has 0 radical (unpaired) electrons. The zero-order valence-electron chi connectivity index (χ0n) is 8.98. The van der Waals surface area contributed by atoms with E-state index in [9.17, 15) is 9.90 Å². The van der Waals surface area contributed by atoms with Gasteiger partial charge in [-0.2, -0.15) is 0 Å². The van der Waals surface area contributed by atoms with Crippen LogP contribution in [0.2, 0.25) is 0 Å². The maximum absolute atomic E-state index is 11.4. The Morgan fingerprint density at radius 3 is 2.76 bits per heavy atom. The van der Waals surface area contributed by atoms with Crippen LogP contribution >= 0.6 is 12.2 Å². The number of thiocarbonyl (C=S) groups is 1. The number of phenolic OH excluding ortho intramolecular Hbond substituents is 1. The first-order valence-corrected chi connectivity index (χ1v) is 5.22. The summed E-state index contributed by atoms with van der Waals surface area (Å²) in [5.41, 5.74) is 0.769. The maximum Gasteiger partial charge on any atom is 0.273 e. The van der Waals surface area contributed by atoms with Gasteiger partial charge in [0.25, 0.3) is 5.91 Å². The van der Waals surface area contributed by atoms with Crippen LogP contribution in [0.3, 0.4) is 0 Å². The highest BCUT2D eigenvalue weighted by Gasteiger charge is 2.20. The summed E-state index contributed by atoms with van der Waals surface area (Å²) in [6.45, 7) is 0. The molecule has 0 unspecified atom stereocenters. The molecule has 1 amide bonds. The molecular formula is C11H10N2O3S. The zero-order chi connectivity index (χ0) is 12.4. The van der Waals surface area contributed by atoms with Gasteiger partial charge in [0.15, 0.2) is 16.6 Å². The maximum atomic E-state index is 11.4. The van der Waals surface area contributed by atoms with Gasteiger partial charge in [0.1, 0.15) is 5.70 Å². The number of amides is 1. The zero-order valence-corrected chi connectivity index (χ0v) is 9.80. The summed E-state index contributed by atoms with van der Waals surface area (Å²) in [4.78, 5) is 11.4. The number of phenols is 1. The lowest BCUT2D eigenvalue weighted by Gasteiger charge is -2.05. The summed E-state index contributed by atoms with van der Waals surface area (Å²) >= 11 is 4.80. The number of methoxy groups -OCH3 is 1. The van der Waals surface area contributed by atoms with Gasteiger partial charge in [-0.25, -0.2) is 0 Å². The van der Waals surface area contributed by atoms with Crippen molar-refractivity contribution < 1.29 is 14.6 Å². The molecule has 3 N–H and O–H groups in total. The Morgan fingerprint density at radius 2 is 2.18 bits per heavy atom. The van der Waals surface area contributed by atoms with Crippen molar-refractivity contribution in [3.8, 4) is 11.5 Å². The van der Waals surface area contributed by atoms with Crippen molar-refractivity contribution in [2.75, 3.05) is 7.11 Å². The van der Waals surface area contributed by atoms with Crippen LogP contribution in [0, 0.1) is 0 Å². The molecule has 1 fully saturated rings. The lowest BCUT2D eigenvalue weighted by molar-refractivity contribution is -0.115. The Morgan fingerprint density at radius 1 is 1.41 bits per heavy atom. The van der Waals surface area contributed by atoms with Crippen LogP contribution in [0.5, 0.6) is 11.5 Å². The molecule has 0 aromatic heterocycles. The van der Waals surface area contributed by atoms with E-state index in [-0.39, 0.29) is 16.8 Å². The van der Waals surface area contributed by atoms with E-state index in [0.717, 1.165) is 0 Å². The average Bonchev–Trinajstić information content (AvgIpc) is 2.60. The highest BCUT2D eigenvalue weighted by Crippen LogP contribution is 2.30. The van der Waals surface area contributed by atoms with Gasteiger partial charge in [0.05, 0.1) is 7.11 Å². The molecule has 0 bridgehead atoms. The number of nitrogens with one attached hydrogen (secondary N) is 2. The summed E-state index contributed by atoms with van der Waals surface area (Å²) in [6, 6.07) is 5.02. The van der Waals surface area contributed by atoms with Crippen LogP contribution in [0.25, 0.3) is 6.08 Å². The van der Waals surface area contributed by atoms with E-state index in [0.29, 0.717) is 17.0 Å². The summed E-state index contributed by atoms with van der Waals surface area (Å²) in [5.74, 6) is 0.00692. The normalized spacial score (nSPS) is 16.9. The second kappa shape index (κ2) is 4.42. The van der Waals surface area contributed by atoms with Gasteiger partial charge < -0.3 is 15.2 Å². The molecule has 1 aromatic carbocycles. The molecule has 0 saturated carbocycles. The lowest BCUT2D eigenvalue weighted by Crippen LogP contribution is -2.21. The predicted molar refractivity (Wildman–Crippen MR) is 66.5 cm³/mol. The molecule has 0 atom stereocenters. The fourth-order valence-corrected chi connectivity index (χ4v) is 1.66. The minimum Gasteiger partial charge on any atom is -0.504 e. The Bertz CT molecular complexity index is 525. The van der Waals surface area contributed by atoms with Crippen LogP contribution in [0.4, 0.5) is 0 Å². The highest BCUT2D eigenvalue weighted by molar-refractivity contribution is 7.80. The number of hydrogen-bond donors (Lipinski definition) is 3. The van der Waals surface area contributed by atoms with Crippen molar-refractivity contribution in [2.45, 2.75) is 0 Å². The summed E-state index contributed by atoms with van der Waals surface area (Å²) < 4.78 is 4.97. The molecule has 1 saturated heterocycles. The molecule has 17 heavy (non-hydrogen) atoms. The fraction of sp³-hybridized carbons (Fsp3) is 0.0909. The smallest absolute Gasteiger partial charge is 0.273 e. The molecule has 1 heterocycles. The molecule has 0 aliphatic carbocycles. The third-order valence-electron chi connectivity index (χ3n) is 2.27. The van der Waals surface area contributed by atoms with Crippen LogP contribution in [-0.4, -0.2) is 23.2 Å².